The molecule has 1 aliphatic carbocycles. The molecule has 2 amide bonds. The molecular weight excluding hydrogens is 471 g/mol. The number of halogens is 3. The first-order chi connectivity index (χ1) is 15.7. The average molecular weight is 500 g/mol. The van der Waals surface area contributed by atoms with E-state index < -0.39 is 38.9 Å². The smallest absolute Gasteiger partial charge is 0.387 e. The van der Waals surface area contributed by atoms with Crippen molar-refractivity contribution in [3.8, 4) is 5.75 Å². The van der Waals surface area contributed by atoms with Crippen LogP contribution >= 0.6 is 0 Å². The van der Waals surface area contributed by atoms with Gasteiger partial charge in [0, 0.05) is 5.69 Å². The number of amides is 2. The second kappa shape index (κ2) is 9.55. The van der Waals surface area contributed by atoms with Crippen LogP contribution in [0, 0.1) is 5.82 Å². The van der Waals surface area contributed by atoms with Crippen LogP contribution < -0.4 is 15.2 Å². The zero-order valence-corrected chi connectivity index (χ0v) is 20.1. The number of carbonyl (C=O) groups excluding carboxylic acids is 1. The topological polar surface area (TPSA) is 114 Å². The number of anilines is 1. The van der Waals surface area contributed by atoms with Gasteiger partial charge in [0.15, 0.2) is 0 Å². The summed E-state index contributed by atoms with van der Waals surface area (Å²) in [7, 11) is -3.96. The Morgan fingerprint density at radius 1 is 1.26 bits per heavy atom. The maximum atomic E-state index is 14.6. The Morgan fingerprint density at radius 2 is 1.91 bits per heavy atom. The second-order valence-corrected chi connectivity index (χ2v) is 10.8. The van der Waals surface area contributed by atoms with Gasteiger partial charge < -0.3 is 15.2 Å². The Hall–Kier alpha value is -2.63. The van der Waals surface area contributed by atoms with Gasteiger partial charge in [-0.3, -0.25) is 0 Å². The van der Waals surface area contributed by atoms with Gasteiger partial charge in [0.25, 0.3) is 0 Å². The molecule has 0 saturated heterocycles. The van der Waals surface area contributed by atoms with E-state index in [-0.39, 0.29) is 23.1 Å². The first-order valence-corrected chi connectivity index (χ1v) is 12.3. The first kappa shape index (κ1) is 26.0. The summed E-state index contributed by atoms with van der Waals surface area (Å²) >= 11 is 0. The fourth-order valence-electron chi connectivity index (χ4n) is 3.57. The monoisotopic (exact) mass is 499 g/mol. The molecule has 7 nitrogen and oxygen atoms in total. The number of carbonyl (C=O) groups is 1. The largest absolute Gasteiger partial charge is 0.435 e. The standard InChI is InChI=1S/C23H28F3N3O4S/c1-12(2)16-10-15(33-21(25)26)11-17(13-5-6-13)20(16)28-22(30)29-34(27,32)19-8-7-14(9-18(19)24)23(3,4)31/h7-13,21,31H,5-6H2,1-4H3,(H3,27,28,29,30,32)/t34-/m1/s1. The molecular formula is C23H28F3N3O4S. The van der Waals surface area contributed by atoms with Crippen LogP contribution in [0.5, 0.6) is 5.75 Å². The van der Waals surface area contributed by atoms with Crippen molar-refractivity contribution < 1.29 is 32.0 Å². The molecule has 0 radical (unpaired) electrons. The van der Waals surface area contributed by atoms with Crippen LogP contribution in [-0.4, -0.2) is 22.0 Å². The Balaban J connectivity index is 1.98. The molecule has 2 aromatic rings. The third-order valence-electron chi connectivity index (χ3n) is 5.44. The third kappa shape index (κ3) is 6.08. The van der Waals surface area contributed by atoms with E-state index in [0.29, 0.717) is 16.8 Å². The lowest BCUT2D eigenvalue weighted by Gasteiger charge is -2.20. The molecule has 0 aliphatic heterocycles. The van der Waals surface area contributed by atoms with Crippen LogP contribution in [0.3, 0.4) is 0 Å². The predicted octanol–water partition coefficient (Wildman–Crippen LogP) is 5.59. The van der Waals surface area contributed by atoms with Gasteiger partial charge in [-0.2, -0.15) is 8.78 Å². The minimum absolute atomic E-state index is 0.0212. The highest BCUT2D eigenvalue weighted by atomic mass is 32.2. The van der Waals surface area contributed by atoms with Crippen molar-refractivity contribution in [1.29, 1.82) is 0 Å². The molecule has 34 heavy (non-hydrogen) atoms. The molecule has 2 aromatic carbocycles. The Morgan fingerprint density at radius 3 is 2.41 bits per heavy atom. The maximum Gasteiger partial charge on any atom is 0.387 e. The third-order valence-corrected chi connectivity index (χ3v) is 6.84. The molecule has 0 heterocycles. The molecule has 0 unspecified atom stereocenters. The lowest BCUT2D eigenvalue weighted by molar-refractivity contribution is -0.0499. The van der Waals surface area contributed by atoms with Crippen LogP contribution in [0.2, 0.25) is 0 Å². The van der Waals surface area contributed by atoms with Crippen LogP contribution in [-0.2, 0) is 15.5 Å². The van der Waals surface area contributed by atoms with Crippen LogP contribution in [0.4, 0.5) is 23.7 Å². The number of nitrogens with one attached hydrogen (secondary N) is 1. The summed E-state index contributed by atoms with van der Waals surface area (Å²) < 4.78 is 61.2. The highest BCUT2D eigenvalue weighted by Gasteiger charge is 2.30. The van der Waals surface area contributed by atoms with Crippen LogP contribution in [0.15, 0.2) is 39.6 Å². The Kier molecular flexibility index (Phi) is 7.30. The summed E-state index contributed by atoms with van der Waals surface area (Å²) in [6.45, 7) is 3.55. The van der Waals surface area contributed by atoms with Gasteiger partial charge in [0.05, 0.1) is 10.5 Å². The summed E-state index contributed by atoms with van der Waals surface area (Å²) in [4.78, 5) is 12.2. The van der Waals surface area contributed by atoms with E-state index in [0.717, 1.165) is 25.0 Å². The molecule has 0 spiro atoms. The summed E-state index contributed by atoms with van der Waals surface area (Å²) in [5.74, 6) is -1.13. The van der Waals surface area contributed by atoms with E-state index in [9.17, 15) is 27.3 Å². The van der Waals surface area contributed by atoms with Crippen molar-refractivity contribution >= 4 is 21.6 Å². The lowest BCUT2D eigenvalue weighted by atomic mass is 9.95. The number of hydrogen-bond donors (Lipinski definition) is 3. The predicted molar refractivity (Wildman–Crippen MR) is 123 cm³/mol. The van der Waals surface area contributed by atoms with Crippen molar-refractivity contribution in [2.24, 2.45) is 9.50 Å². The van der Waals surface area contributed by atoms with Crippen molar-refractivity contribution in [3.63, 3.8) is 0 Å². The van der Waals surface area contributed by atoms with E-state index in [2.05, 4.69) is 14.4 Å². The zero-order valence-electron chi connectivity index (χ0n) is 19.3. The van der Waals surface area contributed by atoms with E-state index in [1.165, 1.54) is 32.0 Å². The number of benzene rings is 2. The molecule has 0 bridgehead atoms. The normalized spacial score (nSPS) is 15.9. The Bertz CT molecular complexity index is 1190. The molecule has 0 aromatic heterocycles. The molecule has 11 heteroatoms. The van der Waals surface area contributed by atoms with Gasteiger partial charge in [-0.1, -0.05) is 19.9 Å². The maximum absolute atomic E-state index is 14.6. The van der Waals surface area contributed by atoms with Crippen molar-refractivity contribution in [2.75, 3.05) is 5.32 Å². The van der Waals surface area contributed by atoms with Gasteiger partial charge in [0.1, 0.15) is 21.5 Å². The molecule has 3 rings (SSSR count). The van der Waals surface area contributed by atoms with E-state index in [4.69, 9.17) is 5.14 Å². The average Bonchev–Trinajstić information content (AvgIpc) is 3.51. The number of nitrogens with zero attached hydrogens (tertiary/aromatic N) is 1. The number of aliphatic hydroxyl groups is 1. The summed E-state index contributed by atoms with van der Waals surface area (Å²) in [6.07, 6.45) is 1.62. The summed E-state index contributed by atoms with van der Waals surface area (Å²) in [5.41, 5.74) is 0.397. The quantitative estimate of drug-likeness (QED) is 0.461. The number of hydrogen-bond acceptors (Lipinski definition) is 4. The molecule has 1 saturated carbocycles. The summed E-state index contributed by atoms with van der Waals surface area (Å²) in [6, 6.07) is 5.24. The number of nitrogens with two attached hydrogens (primary N) is 1. The van der Waals surface area contributed by atoms with Gasteiger partial charge in [-0.25, -0.2) is 18.5 Å². The van der Waals surface area contributed by atoms with Gasteiger partial charge in [-0.05, 0) is 79.5 Å². The van der Waals surface area contributed by atoms with E-state index >= 15 is 0 Å². The van der Waals surface area contributed by atoms with Crippen LogP contribution in [0.1, 0.15) is 69.1 Å². The molecule has 1 fully saturated rings. The summed E-state index contributed by atoms with van der Waals surface area (Å²) in [5, 5.41) is 18.3. The first-order valence-electron chi connectivity index (χ1n) is 10.7. The van der Waals surface area contributed by atoms with E-state index in [1.807, 2.05) is 13.8 Å². The minimum Gasteiger partial charge on any atom is -0.435 e. The second-order valence-electron chi connectivity index (χ2n) is 9.08. The number of alkyl halides is 2. The SMILES string of the molecule is CC(C)c1cc(OC(F)F)cc(C2CC2)c1NC(=O)N=[S@@](N)(=O)c1ccc(C(C)(C)O)cc1F. The highest BCUT2D eigenvalue weighted by molar-refractivity contribution is 7.91. The van der Waals surface area contributed by atoms with Gasteiger partial charge >= 0.3 is 12.6 Å². The highest BCUT2D eigenvalue weighted by Crippen LogP contribution is 2.47. The lowest BCUT2D eigenvalue weighted by Crippen LogP contribution is -2.21. The molecule has 4 N–H and O–H groups in total. The zero-order chi connectivity index (χ0) is 25.4. The number of rotatable bonds is 7. The fraction of sp³-hybridized carbons (Fsp3) is 0.435. The Labute approximate surface area is 196 Å². The van der Waals surface area contributed by atoms with E-state index in [1.54, 1.807) is 0 Å². The number of ether oxygens (including phenoxy) is 1. The molecule has 186 valence electrons. The van der Waals surface area contributed by atoms with Crippen molar-refractivity contribution in [1.82, 2.24) is 0 Å². The van der Waals surface area contributed by atoms with Crippen molar-refractivity contribution in [2.45, 2.75) is 69.5 Å². The fourth-order valence-corrected chi connectivity index (χ4v) is 4.56. The molecule has 1 aliphatic rings. The van der Waals surface area contributed by atoms with Gasteiger partial charge in [-0.15, -0.1) is 4.36 Å². The van der Waals surface area contributed by atoms with Crippen LogP contribution in [0.25, 0.3) is 0 Å². The number of urea groups is 1. The van der Waals surface area contributed by atoms with Crippen molar-refractivity contribution in [3.05, 3.63) is 52.8 Å². The molecule has 1 atom stereocenters. The minimum atomic E-state index is -3.96. The van der Waals surface area contributed by atoms with Gasteiger partial charge in [0.2, 0.25) is 0 Å².